The summed E-state index contributed by atoms with van der Waals surface area (Å²) in [6.07, 6.45) is -0.353. The van der Waals surface area contributed by atoms with Gasteiger partial charge in [-0.15, -0.1) is 0 Å². The molecular weight excluding hydrogens is 339 g/mol. The standard InChI is InChI=1S/C19H19FN2O4/c1-12(23)21-15-6-7-16(17(24)10-15)19(25)22-8-9-26-18(11-22)13-2-4-14(20)5-3-13/h2-7,10,18,24H,8-9,11H2,1H3,(H,21,23). The van der Waals surface area contributed by atoms with Crippen LogP contribution in [-0.4, -0.2) is 41.5 Å². The quantitative estimate of drug-likeness (QED) is 0.884. The molecule has 26 heavy (non-hydrogen) atoms. The third-order valence-electron chi connectivity index (χ3n) is 4.14. The number of carbonyl (C=O) groups excluding carboxylic acids is 2. The van der Waals surface area contributed by atoms with E-state index in [1.165, 1.54) is 31.2 Å². The smallest absolute Gasteiger partial charge is 0.257 e. The maximum absolute atomic E-state index is 13.1. The van der Waals surface area contributed by atoms with Gasteiger partial charge in [0.1, 0.15) is 17.7 Å². The summed E-state index contributed by atoms with van der Waals surface area (Å²) in [5.74, 6) is -1.13. The number of nitrogens with one attached hydrogen (secondary N) is 1. The van der Waals surface area contributed by atoms with E-state index in [4.69, 9.17) is 4.74 Å². The summed E-state index contributed by atoms with van der Waals surface area (Å²) < 4.78 is 18.8. The number of aromatic hydroxyl groups is 1. The predicted molar refractivity (Wildman–Crippen MR) is 93.4 cm³/mol. The number of anilines is 1. The van der Waals surface area contributed by atoms with Crippen LogP contribution in [0.15, 0.2) is 42.5 Å². The van der Waals surface area contributed by atoms with Gasteiger partial charge in [0.25, 0.3) is 5.91 Å². The molecule has 0 aliphatic carbocycles. The predicted octanol–water partition coefficient (Wildman–Crippen LogP) is 2.70. The van der Waals surface area contributed by atoms with Crippen LogP contribution in [0.3, 0.4) is 0 Å². The molecule has 6 nitrogen and oxygen atoms in total. The molecule has 0 radical (unpaired) electrons. The van der Waals surface area contributed by atoms with Gasteiger partial charge in [-0.25, -0.2) is 4.39 Å². The number of benzene rings is 2. The lowest BCUT2D eigenvalue weighted by Gasteiger charge is -2.33. The number of morpholine rings is 1. The number of halogens is 1. The summed E-state index contributed by atoms with van der Waals surface area (Å²) in [4.78, 5) is 25.4. The maximum atomic E-state index is 13.1. The second-order valence-corrected chi connectivity index (χ2v) is 6.08. The van der Waals surface area contributed by atoms with Crippen molar-refractivity contribution in [2.45, 2.75) is 13.0 Å². The molecular formula is C19H19FN2O4. The van der Waals surface area contributed by atoms with Gasteiger partial charge in [0.2, 0.25) is 5.91 Å². The fourth-order valence-electron chi connectivity index (χ4n) is 2.88. The second-order valence-electron chi connectivity index (χ2n) is 6.08. The lowest BCUT2D eigenvalue weighted by Crippen LogP contribution is -2.42. The second kappa shape index (κ2) is 7.53. The zero-order valence-electron chi connectivity index (χ0n) is 14.2. The van der Waals surface area contributed by atoms with Gasteiger partial charge >= 0.3 is 0 Å². The highest BCUT2D eigenvalue weighted by Gasteiger charge is 2.27. The summed E-state index contributed by atoms with van der Waals surface area (Å²) in [5.41, 5.74) is 1.35. The van der Waals surface area contributed by atoms with Gasteiger partial charge in [0.05, 0.1) is 18.7 Å². The molecule has 2 aromatic rings. The molecule has 1 unspecified atom stereocenters. The monoisotopic (exact) mass is 358 g/mol. The molecule has 136 valence electrons. The highest BCUT2D eigenvalue weighted by atomic mass is 19.1. The summed E-state index contributed by atoms with van der Waals surface area (Å²) in [6, 6.07) is 10.4. The van der Waals surface area contributed by atoms with Gasteiger partial charge in [0, 0.05) is 25.2 Å². The molecule has 2 N–H and O–H groups in total. The Hall–Kier alpha value is -2.93. The molecule has 3 rings (SSSR count). The number of hydrogen-bond donors (Lipinski definition) is 2. The third kappa shape index (κ3) is 4.00. The number of carbonyl (C=O) groups is 2. The van der Waals surface area contributed by atoms with E-state index in [0.29, 0.717) is 25.4 Å². The molecule has 1 atom stereocenters. The van der Waals surface area contributed by atoms with Crippen LogP contribution in [0.2, 0.25) is 0 Å². The van der Waals surface area contributed by atoms with Crippen molar-refractivity contribution >= 4 is 17.5 Å². The summed E-state index contributed by atoms with van der Waals surface area (Å²) in [6.45, 7) is 2.40. The molecule has 7 heteroatoms. The van der Waals surface area contributed by atoms with E-state index in [9.17, 15) is 19.1 Å². The molecule has 0 bridgehead atoms. The zero-order chi connectivity index (χ0) is 18.7. The van der Waals surface area contributed by atoms with E-state index in [1.54, 1.807) is 23.1 Å². The number of phenols is 1. The first kappa shape index (κ1) is 17.9. The van der Waals surface area contributed by atoms with Crippen molar-refractivity contribution in [2.75, 3.05) is 25.0 Å². The third-order valence-corrected chi connectivity index (χ3v) is 4.14. The molecule has 2 aromatic carbocycles. The van der Waals surface area contributed by atoms with Crippen molar-refractivity contribution in [3.63, 3.8) is 0 Å². The topological polar surface area (TPSA) is 78.9 Å². The highest BCUT2D eigenvalue weighted by Crippen LogP contribution is 2.27. The number of hydrogen-bond acceptors (Lipinski definition) is 4. The van der Waals surface area contributed by atoms with Gasteiger partial charge in [-0.2, -0.15) is 0 Å². The Balaban J connectivity index is 1.74. The summed E-state index contributed by atoms with van der Waals surface area (Å²) >= 11 is 0. The van der Waals surface area contributed by atoms with Gasteiger partial charge in [-0.1, -0.05) is 12.1 Å². The minimum atomic E-state index is -0.353. The van der Waals surface area contributed by atoms with Crippen LogP contribution in [0.25, 0.3) is 0 Å². The van der Waals surface area contributed by atoms with E-state index in [-0.39, 0.29) is 35.0 Å². The Labute approximate surface area is 150 Å². The Morgan fingerprint density at radius 2 is 1.96 bits per heavy atom. The lowest BCUT2D eigenvalue weighted by molar-refractivity contribution is -0.114. The number of phenolic OH excluding ortho intramolecular Hbond substituents is 1. The first-order valence-corrected chi connectivity index (χ1v) is 8.21. The van der Waals surface area contributed by atoms with Crippen LogP contribution < -0.4 is 5.32 Å². The highest BCUT2D eigenvalue weighted by molar-refractivity contribution is 5.98. The van der Waals surface area contributed by atoms with E-state index >= 15 is 0 Å². The Bertz CT molecular complexity index is 823. The fourth-order valence-corrected chi connectivity index (χ4v) is 2.88. The minimum absolute atomic E-state index is 0.152. The normalized spacial score (nSPS) is 17.0. The molecule has 0 spiro atoms. The number of ether oxygens (including phenoxy) is 1. The van der Waals surface area contributed by atoms with E-state index < -0.39 is 0 Å². The Kier molecular flexibility index (Phi) is 5.18. The van der Waals surface area contributed by atoms with E-state index in [0.717, 1.165) is 5.56 Å². The average molecular weight is 358 g/mol. The van der Waals surface area contributed by atoms with Crippen LogP contribution >= 0.6 is 0 Å². The maximum Gasteiger partial charge on any atom is 0.257 e. The number of rotatable bonds is 3. The Morgan fingerprint density at radius 1 is 1.23 bits per heavy atom. The van der Waals surface area contributed by atoms with Crippen LogP contribution in [0.1, 0.15) is 28.9 Å². The first-order chi connectivity index (χ1) is 12.4. The molecule has 1 heterocycles. The van der Waals surface area contributed by atoms with Crippen molar-refractivity contribution in [3.05, 3.63) is 59.4 Å². The van der Waals surface area contributed by atoms with Crippen molar-refractivity contribution in [1.29, 1.82) is 0 Å². The summed E-state index contributed by atoms with van der Waals surface area (Å²) in [7, 11) is 0. The number of amides is 2. The van der Waals surface area contributed by atoms with Crippen LogP contribution in [0.4, 0.5) is 10.1 Å². The van der Waals surface area contributed by atoms with E-state index in [1.807, 2.05) is 0 Å². The minimum Gasteiger partial charge on any atom is -0.507 e. The van der Waals surface area contributed by atoms with Crippen LogP contribution in [0, 0.1) is 5.82 Å². The SMILES string of the molecule is CC(=O)Nc1ccc(C(=O)N2CCOC(c3ccc(F)cc3)C2)c(O)c1. The van der Waals surface area contributed by atoms with Gasteiger partial charge < -0.3 is 20.1 Å². The fraction of sp³-hybridized carbons (Fsp3) is 0.263. The van der Waals surface area contributed by atoms with Crippen molar-refractivity contribution in [2.24, 2.45) is 0 Å². The van der Waals surface area contributed by atoms with Crippen LogP contribution in [-0.2, 0) is 9.53 Å². The average Bonchev–Trinajstić information content (AvgIpc) is 2.61. The van der Waals surface area contributed by atoms with Gasteiger partial charge in [-0.05, 0) is 29.8 Å². The van der Waals surface area contributed by atoms with Gasteiger partial charge in [0.15, 0.2) is 0 Å². The molecule has 1 fully saturated rings. The van der Waals surface area contributed by atoms with E-state index in [2.05, 4.69) is 5.32 Å². The van der Waals surface area contributed by atoms with Crippen molar-refractivity contribution in [3.8, 4) is 5.75 Å². The number of nitrogens with zero attached hydrogens (tertiary/aromatic N) is 1. The molecule has 1 aliphatic rings. The molecule has 1 saturated heterocycles. The summed E-state index contributed by atoms with van der Waals surface area (Å²) in [5, 5.41) is 12.7. The Morgan fingerprint density at radius 3 is 2.62 bits per heavy atom. The lowest BCUT2D eigenvalue weighted by atomic mass is 10.1. The largest absolute Gasteiger partial charge is 0.507 e. The van der Waals surface area contributed by atoms with Crippen LogP contribution in [0.5, 0.6) is 5.75 Å². The molecule has 0 saturated carbocycles. The van der Waals surface area contributed by atoms with Crippen molar-refractivity contribution in [1.82, 2.24) is 4.90 Å². The van der Waals surface area contributed by atoms with Crippen molar-refractivity contribution < 1.29 is 23.8 Å². The molecule has 2 amide bonds. The van der Waals surface area contributed by atoms with Gasteiger partial charge in [-0.3, -0.25) is 9.59 Å². The molecule has 1 aliphatic heterocycles. The zero-order valence-corrected chi connectivity index (χ0v) is 14.2. The first-order valence-electron chi connectivity index (χ1n) is 8.21. The molecule has 0 aromatic heterocycles.